The monoisotopic (exact) mass is 270 g/mol. The summed E-state index contributed by atoms with van der Waals surface area (Å²) < 4.78 is 26.4. The molecule has 0 bridgehead atoms. The maximum Gasteiger partial charge on any atom is 0.233 e. The third kappa shape index (κ3) is 4.31. The minimum absolute atomic E-state index is 0.0714. The lowest BCUT2D eigenvalue weighted by molar-refractivity contribution is 0.589. The summed E-state index contributed by atoms with van der Waals surface area (Å²) >= 11 is 0. The summed E-state index contributed by atoms with van der Waals surface area (Å²) in [5, 5.41) is 2.84. The van der Waals surface area contributed by atoms with Crippen molar-refractivity contribution in [2.75, 3.05) is 24.1 Å². The molecular weight excluding hydrogens is 248 g/mol. The fraction of sp³-hybridized carbons (Fsp3) is 0.538. The summed E-state index contributed by atoms with van der Waals surface area (Å²) in [6.07, 6.45) is 0. The minimum Gasteiger partial charge on any atom is -0.319 e. The zero-order valence-electron chi connectivity index (χ0n) is 11.4. The molecule has 18 heavy (non-hydrogen) atoms. The molecule has 1 aromatic carbocycles. The molecule has 0 aliphatic heterocycles. The van der Waals surface area contributed by atoms with Crippen molar-refractivity contribution in [3.05, 3.63) is 29.8 Å². The van der Waals surface area contributed by atoms with Gasteiger partial charge in [0.25, 0.3) is 0 Å². The van der Waals surface area contributed by atoms with Gasteiger partial charge in [0.2, 0.25) is 10.0 Å². The van der Waals surface area contributed by atoms with Gasteiger partial charge in [0.1, 0.15) is 0 Å². The molecular formula is C13H22N2O2S. The second kappa shape index (κ2) is 5.71. The van der Waals surface area contributed by atoms with Crippen molar-refractivity contribution >= 4 is 15.7 Å². The second-order valence-electron chi connectivity index (χ2n) is 5.32. The zero-order chi connectivity index (χ0) is 13.8. The predicted octanol–water partition coefficient (Wildman–Crippen LogP) is 1.95. The van der Waals surface area contributed by atoms with Gasteiger partial charge in [0, 0.05) is 6.54 Å². The maximum atomic E-state index is 11.9. The van der Waals surface area contributed by atoms with Gasteiger partial charge in [-0.15, -0.1) is 0 Å². The van der Waals surface area contributed by atoms with E-state index in [0.717, 1.165) is 5.56 Å². The van der Waals surface area contributed by atoms with E-state index in [1.165, 1.54) is 0 Å². The van der Waals surface area contributed by atoms with Gasteiger partial charge in [0.15, 0.2) is 0 Å². The van der Waals surface area contributed by atoms with Gasteiger partial charge in [-0.2, -0.15) is 0 Å². The van der Waals surface area contributed by atoms with Gasteiger partial charge in [-0.05, 0) is 24.1 Å². The predicted molar refractivity (Wildman–Crippen MR) is 76.5 cm³/mol. The van der Waals surface area contributed by atoms with Crippen molar-refractivity contribution in [1.82, 2.24) is 5.32 Å². The molecule has 0 amide bonds. The largest absolute Gasteiger partial charge is 0.319 e. The SMILES string of the molecule is CNCCS(=O)(=O)Nc1ccccc1C(C)(C)C. The summed E-state index contributed by atoms with van der Waals surface area (Å²) in [4.78, 5) is 0. The molecule has 102 valence electrons. The van der Waals surface area contributed by atoms with E-state index in [-0.39, 0.29) is 11.2 Å². The molecule has 2 N–H and O–H groups in total. The van der Waals surface area contributed by atoms with Crippen LogP contribution in [0.15, 0.2) is 24.3 Å². The number of sulfonamides is 1. The lowest BCUT2D eigenvalue weighted by Gasteiger charge is -2.23. The quantitative estimate of drug-likeness (QED) is 0.859. The normalized spacial score (nSPS) is 12.4. The molecule has 0 spiro atoms. The standard InChI is InChI=1S/C13H22N2O2S/c1-13(2,3)11-7-5-6-8-12(11)15-18(16,17)10-9-14-4/h5-8,14-15H,9-10H2,1-4H3. The average molecular weight is 270 g/mol. The van der Waals surface area contributed by atoms with E-state index in [2.05, 4.69) is 30.8 Å². The molecule has 0 atom stereocenters. The van der Waals surface area contributed by atoms with E-state index in [9.17, 15) is 8.42 Å². The molecule has 0 aromatic heterocycles. The van der Waals surface area contributed by atoms with Crippen molar-refractivity contribution in [2.24, 2.45) is 0 Å². The Hall–Kier alpha value is -1.07. The Morgan fingerprint density at radius 2 is 1.78 bits per heavy atom. The van der Waals surface area contributed by atoms with Gasteiger partial charge in [-0.3, -0.25) is 4.72 Å². The zero-order valence-corrected chi connectivity index (χ0v) is 12.3. The van der Waals surface area contributed by atoms with E-state index in [0.29, 0.717) is 12.2 Å². The fourth-order valence-corrected chi connectivity index (χ4v) is 2.77. The van der Waals surface area contributed by atoms with Crippen molar-refractivity contribution in [2.45, 2.75) is 26.2 Å². The van der Waals surface area contributed by atoms with E-state index in [1.54, 1.807) is 13.1 Å². The van der Waals surface area contributed by atoms with Crippen LogP contribution in [0.5, 0.6) is 0 Å². The summed E-state index contributed by atoms with van der Waals surface area (Å²) in [6.45, 7) is 6.63. The number of hydrogen-bond donors (Lipinski definition) is 2. The summed E-state index contributed by atoms with van der Waals surface area (Å²) in [6, 6.07) is 7.52. The molecule has 0 heterocycles. The molecule has 4 nitrogen and oxygen atoms in total. The topological polar surface area (TPSA) is 58.2 Å². The van der Waals surface area contributed by atoms with E-state index in [1.807, 2.05) is 18.2 Å². The van der Waals surface area contributed by atoms with Crippen LogP contribution in [0.1, 0.15) is 26.3 Å². The Labute approximate surface area is 110 Å². The van der Waals surface area contributed by atoms with Crippen LogP contribution in [-0.2, 0) is 15.4 Å². The van der Waals surface area contributed by atoms with Crippen molar-refractivity contribution in [3.63, 3.8) is 0 Å². The molecule has 0 unspecified atom stereocenters. The Morgan fingerprint density at radius 3 is 2.33 bits per heavy atom. The van der Waals surface area contributed by atoms with Crippen molar-refractivity contribution < 1.29 is 8.42 Å². The van der Waals surface area contributed by atoms with Crippen LogP contribution in [0, 0.1) is 0 Å². The molecule has 0 aliphatic carbocycles. The molecule has 0 fully saturated rings. The first-order valence-electron chi connectivity index (χ1n) is 6.01. The van der Waals surface area contributed by atoms with Crippen molar-refractivity contribution in [1.29, 1.82) is 0 Å². The van der Waals surface area contributed by atoms with Gasteiger partial charge in [0.05, 0.1) is 11.4 Å². The van der Waals surface area contributed by atoms with Crippen LogP contribution in [-0.4, -0.2) is 27.8 Å². The molecule has 1 aromatic rings. The number of rotatable bonds is 5. The van der Waals surface area contributed by atoms with Crippen LogP contribution in [0.4, 0.5) is 5.69 Å². The highest BCUT2D eigenvalue weighted by Crippen LogP contribution is 2.29. The first-order chi connectivity index (χ1) is 8.26. The fourth-order valence-electron chi connectivity index (χ4n) is 1.68. The van der Waals surface area contributed by atoms with Gasteiger partial charge >= 0.3 is 0 Å². The van der Waals surface area contributed by atoms with Gasteiger partial charge < -0.3 is 5.32 Å². The Balaban J connectivity index is 2.98. The second-order valence-corrected chi connectivity index (χ2v) is 7.16. The summed E-state index contributed by atoms with van der Waals surface area (Å²) in [7, 11) is -1.56. The molecule has 0 saturated heterocycles. The summed E-state index contributed by atoms with van der Waals surface area (Å²) in [5.74, 6) is 0.0714. The Bertz CT molecular complexity index is 490. The van der Waals surface area contributed by atoms with Gasteiger partial charge in [-0.1, -0.05) is 39.0 Å². The molecule has 0 aliphatic rings. The Morgan fingerprint density at radius 1 is 1.17 bits per heavy atom. The highest BCUT2D eigenvalue weighted by Gasteiger charge is 2.20. The number of hydrogen-bond acceptors (Lipinski definition) is 3. The van der Waals surface area contributed by atoms with Gasteiger partial charge in [-0.25, -0.2) is 8.42 Å². The highest BCUT2D eigenvalue weighted by atomic mass is 32.2. The first kappa shape index (κ1) is 15.0. The van der Waals surface area contributed by atoms with Crippen LogP contribution in [0.3, 0.4) is 0 Å². The number of nitrogens with one attached hydrogen (secondary N) is 2. The lowest BCUT2D eigenvalue weighted by Crippen LogP contribution is -2.26. The summed E-state index contributed by atoms with van der Waals surface area (Å²) in [5.41, 5.74) is 1.57. The minimum atomic E-state index is -3.29. The smallest absolute Gasteiger partial charge is 0.233 e. The van der Waals surface area contributed by atoms with E-state index < -0.39 is 10.0 Å². The van der Waals surface area contributed by atoms with Crippen molar-refractivity contribution in [3.8, 4) is 0 Å². The molecule has 5 heteroatoms. The average Bonchev–Trinajstić information content (AvgIpc) is 2.25. The van der Waals surface area contributed by atoms with Crippen LogP contribution in [0.2, 0.25) is 0 Å². The third-order valence-corrected chi connectivity index (χ3v) is 3.89. The lowest BCUT2D eigenvalue weighted by atomic mass is 9.86. The Kier molecular flexibility index (Phi) is 4.76. The molecule has 1 rings (SSSR count). The van der Waals surface area contributed by atoms with Crippen LogP contribution in [0.25, 0.3) is 0 Å². The first-order valence-corrected chi connectivity index (χ1v) is 7.66. The molecule has 0 saturated carbocycles. The number of anilines is 1. The van der Waals surface area contributed by atoms with Crippen LogP contribution < -0.4 is 10.0 Å². The van der Waals surface area contributed by atoms with Crippen LogP contribution >= 0.6 is 0 Å². The van der Waals surface area contributed by atoms with E-state index in [4.69, 9.17) is 0 Å². The highest BCUT2D eigenvalue weighted by molar-refractivity contribution is 7.92. The third-order valence-electron chi connectivity index (χ3n) is 2.62. The number of benzene rings is 1. The van der Waals surface area contributed by atoms with E-state index >= 15 is 0 Å². The molecule has 0 radical (unpaired) electrons. The number of para-hydroxylation sites is 1. The maximum absolute atomic E-state index is 11.9.